The molecule has 6 nitrogen and oxygen atoms in total. The number of carbonyl (C=O) groups excluding carboxylic acids is 1. The predicted octanol–water partition coefficient (Wildman–Crippen LogP) is 3.06. The summed E-state index contributed by atoms with van der Waals surface area (Å²) < 4.78 is 2.46. The number of aryl methyl sites for hydroxylation is 2. The highest BCUT2D eigenvalue weighted by Gasteiger charge is 2.24. The molecular weight excluding hydrogens is 422 g/mol. The molecule has 8 heteroatoms. The van der Waals surface area contributed by atoms with E-state index in [4.69, 9.17) is 11.6 Å². The van der Waals surface area contributed by atoms with Crippen molar-refractivity contribution in [2.24, 2.45) is 7.05 Å². The number of halogens is 1. The maximum absolute atomic E-state index is 13.1. The quantitative estimate of drug-likeness (QED) is 0.633. The van der Waals surface area contributed by atoms with E-state index in [1.807, 2.05) is 30.7 Å². The Bertz CT molecular complexity index is 1150. The normalized spacial score (nSPS) is 17.0. The van der Waals surface area contributed by atoms with Crippen molar-refractivity contribution >= 4 is 39.1 Å². The minimum atomic E-state index is -0.386. The molecule has 1 amide bonds. The van der Waals surface area contributed by atoms with Crippen LogP contribution in [-0.2, 0) is 20.1 Å². The Hall–Kier alpha value is -2.19. The molecule has 1 fully saturated rings. The van der Waals surface area contributed by atoms with Gasteiger partial charge in [0.15, 0.2) is 0 Å². The van der Waals surface area contributed by atoms with Gasteiger partial charge in [-0.05, 0) is 36.6 Å². The third kappa shape index (κ3) is 4.16. The van der Waals surface area contributed by atoms with Crippen LogP contribution in [0.3, 0.4) is 0 Å². The number of nitrogens with one attached hydrogen (secondary N) is 1. The number of fused-ring (bicyclic) bond motifs is 1. The number of hydrogen-bond acceptors (Lipinski definition) is 5. The molecule has 30 heavy (non-hydrogen) atoms. The summed E-state index contributed by atoms with van der Waals surface area (Å²) in [6.07, 6.45) is 2.12. The smallest absolute Gasteiger partial charge is 0.257 e. The fraction of sp³-hybridized carbons (Fsp3) is 0.364. The molecule has 2 aromatic heterocycles. The number of amides is 1. The number of thiophene rings is 1. The molecular formula is C22H24ClN3O3S. The molecule has 0 aliphatic carbocycles. The van der Waals surface area contributed by atoms with Crippen LogP contribution >= 0.6 is 22.9 Å². The van der Waals surface area contributed by atoms with Gasteiger partial charge in [-0.1, -0.05) is 23.7 Å². The van der Waals surface area contributed by atoms with Gasteiger partial charge in [0.05, 0.1) is 16.3 Å². The third-order valence-electron chi connectivity index (χ3n) is 5.57. The van der Waals surface area contributed by atoms with Crippen molar-refractivity contribution in [2.45, 2.75) is 32.5 Å². The first-order valence-electron chi connectivity index (χ1n) is 9.88. The number of nitrogens with zero attached hydrogens (tertiary/aromatic N) is 2. The first kappa shape index (κ1) is 21.1. The van der Waals surface area contributed by atoms with Crippen LogP contribution in [0.25, 0.3) is 10.2 Å². The summed E-state index contributed by atoms with van der Waals surface area (Å²) in [4.78, 5) is 29.1. The van der Waals surface area contributed by atoms with Crippen molar-refractivity contribution < 1.29 is 9.90 Å². The van der Waals surface area contributed by atoms with Crippen molar-refractivity contribution in [3.63, 3.8) is 0 Å². The van der Waals surface area contributed by atoms with E-state index >= 15 is 0 Å². The van der Waals surface area contributed by atoms with Crippen molar-refractivity contribution in [2.75, 3.05) is 13.1 Å². The fourth-order valence-electron chi connectivity index (χ4n) is 3.92. The van der Waals surface area contributed by atoms with Crippen molar-refractivity contribution in [3.8, 4) is 0 Å². The van der Waals surface area contributed by atoms with Gasteiger partial charge in [0.25, 0.3) is 5.91 Å². The number of rotatable bonds is 5. The highest BCUT2D eigenvalue weighted by molar-refractivity contribution is 7.19. The molecule has 0 radical (unpaired) electrons. The summed E-state index contributed by atoms with van der Waals surface area (Å²) in [5.41, 5.74) is 2.74. The van der Waals surface area contributed by atoms with Crippen LogP contribution in [0.5, 0.6) is 0 Å². The van der Waals surface area contributed by atoms with Crippen LogP contribution in [-0.4, -0.2) is 39.7 Å². The lowest BCUT2D eigenvalue weighted by molar-refractivity contribution is 0.0949. The predicted molar refractivity (Wildman–Crippen MR) is 120 cm³/mol. The largest absolute Gasteiger partial charge is 0.392 e. The number of pyridine rings is 1. The van der Waals surface area contributed by atoms with Crippen LogP contribution in [0.4, 0.5) is 0 Å². The van der Waals surface area contributed by atoms with E-state index in [1.54, 1.807) is 18.3 Å². The van der Waals surface area contributed by atoms with Crippen molar-refractivity contribution in [3.05, 3.63) is 67.3 Å². The Balaban J connectivity index is 1.59. The van der Waals surface area contributed by atoms with Gasteiger partial charge in [0, 0.05) is 49.3 Å². The first-order valence-corrected chi connectivity index (χ1v) is 11.1. The molecule has 1 atom stereocenters. The average molecular weight is 446 g/mol. The molecule has 3 heterocycles. The summed E-state index contributed by atoms with van der Waals surface area (Å²) in [5.74, 6) is -0.386. The number of aromatic nitrogens is 1. The summed E-state index contributed by atoms with van der Waals surface area (Å²) in [6.45, 7) is 4.55. The number of aliphatic hydroxyl groups is 1. The molecule has 0 bridgehead atoms. The molecule has 0 saturated carbocycles. The minimum Gasteiger partial charge on any atom is -0.392 e. The molecule has 158 valence electrons. The maximum atomic E-state index is 13.1. The number of carbonyl (C=O) groups is 1. The molecule has 1 saturated heterocycles. The van der Waals surface area contributed by atoms with Crippen LogP contribution < -0.4 is 10.7 Å². The van der Waals surface area contributed by atoms with Gasteiger partial charge in [0.1, 0.15) is 5.56 Å². The van der Waals surface area contributed by atoms with E-state index in [0.717, 1.165) is 34.5 Å². The summed E-state index contributed by atoms with van der Waals surface area (Å²) in [5, 5.41) is 13.2. The van der Waals surface area contributed by atoms with Gasteiger partial charge in [0.2, 0.25) is 5.43 Å². The van der Waals surface area contributed by atoms with E-state index in [0.29, 0.717) is 29.4 Å². The van der Waals surface area contributed by atoms with E-state index in [9.17, 15) is 14.7 Å². The second-order valence-corrected chi connectivity index (χ2v) is 9.34. The second-order valence-electron chi connectivity index (χ2n) is 7.80. The lowest BCUT2D eigenvalue weighted by Crippen LogP contribution is -2.29. The lowest BCUT2D eigenvalue weighted by atomic mass is 10.1. The van der Waals surface area contributed by atoms with Gasteiger partial charge in [-0.3, -0.25) is 14.5 Å². The average Bonchev–Trinajstić information content (AvgIpc) is 3.28. The Morgan fingerprint density at radius 3 is 2.73 bits per heavy atom. The molecule has 1 aliphatic heterocycles. The van der Waals surface area contributed by atoms with Gasteiger partial charge < -0.3 is 15.0 Å². The number of benzene rings is 1. The zero-order chi connectivity index (χ0) is 21.4. The van der Waals surface area contributed by atoms with Gasteiger partial charge >= 0.3 is 0 Å². The summed E-state index contributed by atoms with van der Waals surface area (Å²) in [6, 6.07) is 7.22. The van der Waals surface area contributed by atoms with Crippen LogP contribution in [0.1, 0.15) is 32.8 Å². The van der Waals surface area contributed by atoms with Crippen LogP contribution in [0.2, 0.25) is 5.02 Å². The molecule has 1 aromatic carbocycles. The standard InChI is InChI=1S/C22H24ClN3O3S/c1-13-18(12-26-8-7-16(27)10-26)30-21-19(13)25(2)11-17(20(21)28)22(29)24-9-14-3-5-15(23)6-4-14/h3-6,11,16,27H,7-10,12H2,1-2H3,(H,24,29). The zero-order valence-electron chi connectivity index (χ0n) is 16.9. The van der Waals surface area contributed by atoms with Crippen LogP contribution in [0.15, 0.2) is 35.3 Å². The minimum absolute atomic E-state index is 0.142. The van der Waals surface area contributed by atoms with Crippen LogP contribution in [0, 0.1) is 6.92 Å². The van der Waals surface area contributed by atoms with E-state index in [-0.39, 0.29) is 23.0 Å². The van der Waals surface area contributed by atoms with Crippen molar-refractivity contribution in [1.29, 1.82) is 0 Å². The molecule has 1 aliphatic rings. The Labute approximate surface area is 183 Å². The van der Waals surface area contributed by atoms with E-state index < -0.39 is 0 Å². The SMILES string of the molecule is Cc1c(CN2CCC(O)C2)sc2c(=O)c(C(=O)NCc3ccc(Cl)cc3)cn(C)c12. The Kier molecular flexibility index (Phi) is 5.97. The van der Waals surface area contributed by atoms with Gasteiger partial charge in [-0.2, -0.15) is 0 Å². The maximum Gasteiger partial charge on any atom is 0.257 e. The third-order valence-corrected chi connectivity index (χ3v) is 7.08. The Morgan fingerprint density at radius 1 is 1.33 bits per heavy atom. The van der Waals surface area contributed by atoms with Gasteiger partial charge in [-0.15, -0.1) is 11.3 Å². The summed E-state index contributed by atoms with van der Waals surface area (Å²) >= 11 is 7.34. The zero-order valence-corrected chi connectivity index (χ0v) is 18.5. The first-order chi connectivity index (χ1) is 14.3. The Morgan fingerprint density at radius 2 is 2.07 bits per heavy atom. The van der Waals surface area contributed by atoms with E-state index in [2.05, 4.69) is 10.2 Å². The molecule has 4 rings (SSSR count). The number of β-amino-alcohol motifs (C(OH)–C–C–N with tert-alkyl or cyclic N) is 1. The number of likely N-dealkylation sites (tertiary alicyclic amines) is 1. The molecule has 3 aromatic rings. The number of aliphatic hydroxyl groups excluding tert-OH is 1. The van der Waals surface area contributed by atoms with Crippen molar-refractivity contribution in [1.82, 2.24) is 14.8 Å². The number of hydrogen-bond donors (Lipinski definition) is 2. The monoisotopic (exact) mass is 445 g/mol. The van der Waals surface area contributed by atoms with E-state index in [1.165, 1.54) is 11.3 Å². The summed E-state index contributed by atoms with van der Waals surface area (Å²) in [7, 11) is 1.86. The highest BCUT2D eigenvalue weighted by Crippen LogP contribution is 2.30. The lowest BCUT2D eigenvalue weighted by Gasteiger charge is -2.14. The van der Waals surface area contributed by atoms with Gasteiger partial charge in [-0.25, -0.2) is 0 Å². The second kappa shape index (κ2) is 8.51. The molecule has 2 N–H and O–H groups in total. The molecule has 0 spiro atoms. The fourth-order valence-corrected chi connectivity index (χ4v) is 5.39. The molecule has 1 unspecified atom stereocenters. The highest BCUT2D eigenvalue weighted by atomic mass is 35.5. The topological polar surface area (TPSA) is 74.6 Å².